The number of piperazine rings is 1. The summed E-state index contributed by atoms with van der Waals surface area (Å²) in [7, 11) is 0. The Bertz CT molecular complexity index is 1100. The lowest BCUT2D eigenvalue weighted by Gasteiger charge is -2.52. The van der Waals surface area contributed by atoms with Crippen molar-refractivity contribution in [2.24, 2.45) is 5.92 Å². The number of likely N-dealkylation sites (tertiary alicyclic amines) is 1. The number of para-hydroxylation sites is 2. The second kappa shape index (κ2) is 17.4. The van der Waals surface area contributed by atoms with E-state index < -0.39 is 17.7 Å². The number of benzene rings is 2. The summed E-state index contributed by atoms with van der Waals surface area (Å²) in [5, 5.41) is 14.2. The van der Waals surface area contributed by atoms with Gasteiger partial charge in [0.15, 0.2) is 0 Å². The molecule has 1 aliphatic carbocycles. The summed E-state index contributed by atoms with van der Waals surface area (Å²) >= 11 is 0. The molecule has 7 nitrogen and oxygen atoms in total. The molecule has 9 heteroatoms. The van der Waals surface area contributed by atoms with Crippen molar-refractivity contribution in [2.45, 2.75) is 95.2 Å². The zero-order valence-electron chi connectivity index (χ0n) is 26.2. The number of unbranched alkanes of at least 4 members (excludes halogenated alkanes) is 2. The van der Waals surface area contributed by atoms with E-state index in [0.717, 1.165) is 77.5 Å². The van der Waals surface area contributed by atoms with Gasteiger partial charge in [0, 0.05) is 37.6 Å². The molecule has 0 bridgehead atoms. The van der Waals surface area contributed by atoms with E-state index in [1.807, 2.05) is 4.90 Å². The quantitative estimate of drug-likeness (QED) is 0.263. The fraction of sp³-hybridized carbons (Fsp3) is 0.600. The summed E-state index contributed by atoms with van der Waals surface area (Å²) in [6.07, 6.45) is 9.72. The lowest BCUT2D eigenvalue weighted by atomic mass is 9.78. The van der Waals surface area contributed by atoms with E-state index in [9.17, 15) is 14.7 Å². The van der Waals surface area contributed by atoms with Crippen molar-refractivity contribution in [3.05, 3.63) is 60.7 Å². The second-order valence-electron chi connectivity index (χ2n) is 12.6. The van der Waals surface area contributed by atoms with Gasteiger partial charge in [0.25, 0.3) is 0 Å². The van der Waals surface area contributed by atoms with Gasteiger partial charge in [-0.1, -0.05) is 69.0 Å². The lowest BCUT2D eigenvalue weighted by molar-refractivity contribution is -0.165. The molecule has 44 heavy (non-hydrogen) atoms. The smallest absolute Gasteiger partial charge is 0.248 e. The molecule has 2 atom stereocenters. The van der Waals surface area contributed by atoms with Crippen LogP contribution in [0.5, 0.6) is 0 Å². The van der Waals surface area contributed by atoms with Crippen LogP contribution in [0.25, 0.3) is 0 Å². The van der Waals surface area contributed by atoms with E-state index >= 15 is 0 Å². The monoisotopic (exact) mass is 646 g/mol. The summed E-state index contributed by atoms with van der Waals surface area (Å²) in [6.45, 7) is 6.25. The number of aliphatic hydroxyl groups is 1. The normalized spacial score (nSPS) is 21.2. The lowest BCUT2D eigenvalue weighted by Crippen LogP contribution is -2.75. The van der Waals surface area contributed by atoms with Crippen molar-refractivity contribution in [3.8, 4) is 0 Å². The number of aliphatic hydroxyl groups excluding tert-OH is 1. The molecule has 2 aromatic rings. The van der Waals surface area contributed by atoms with Crippen molar-refractivity contribution < 1.29 is 14.7 Å². The first-order valence-corrected chi connectivity index (χ1v) is 16.4. The average molecular weight is 648 g/mol. The van der Waals surface area contributed by atoms with Crippen LogP contribution in [0.1, 0.15) is 77.6 Å². The third kappa shape index (κ3) is 8.28. The molecule has 0 radical (unpaired) electrons. The van der Waals surface area contributed by atoms with Gasteiger partial charge in [0.05, 0.1) is 6.10 Å². The summed E-state index contributed by atoms with van der Waals surface area (Å²) in [5.74, 6) is -0.0350. The van der Waals surface area contributed by atoms with E-state index in [1.165, 1.54) is 17.8 Å². The molecule has 2 aromatic carbocycles. The van der Waals surface area contributed by atoms with Gasteiger partial charge < -0.3 is 25.1 Å². The average Bonchev–Trinajstić information content (AvgIpc) is 3.04. The van der Waals surface area contributed by atoms with Gasteiger partial charge in [-0.25, -0.2) is 0 Å². The van der Waals surface area contributed by atoms with Gasteiger partial charge in [0.2, 0.25) is 11.8 Å². The predicted molar refractivity (Wildman–Crippen MR) is 183 cm³/mol. The maximum absolute atomic E-state index is 13.9. The van der Waals surface area contributed by atoms with Crippen LogP contribution in [0.15, 0.2) is 60.7 Å². The first-order chi connectivity index (χ1) is 20.5. The first-order valence-electron chi connectivity index (χ1n) is 16.4. The van der Waals surface area contributed by atoms with E-state index in [4.69, 9.17) is 0 Å². The van der Waals surface area contributed by atoms with E-state index in [1.54, 1.807) is 0 Å². The van der Waals surface area contributed by atoms with Gasteiger partial charge >= 0.3 is 0 Å². The largest absolute Gasteiger partial charge is 0.390 e. The standard InChI is InChI=1S/C35H50N4O3.2ClH/c1-2-3-25-39-33(41)31(32(40)28-15-7-4-8-16-28)36-34(42)35(39)21-26-37(27-22-35)23-13-14-24-38(29-17-9-5-10-18-29)30-19-11-6-12-20-30;;/h5-6,9-12,17-20,28,31-32,40H,2-4,7-8,13-16,21-27H2,1H3,(H,36,42);2*1H/t31-,32-;;/m1../s1. The number of hydrogen-bond donors (Lipinski definition) is 2. The number of nitrogens with one attached hydrogen (secondary N) is 1. The Hall–Kier alpha value is -2.32. The summed E-state index contributed by atoms with van der Waals surface area (Å²) in [5.41, 5.74) is 1.62. The molecule has 1 saturated carbocycles. The van der Waals surface area contributed by atoms with Crippen LogP contribution >= 0.6 is 24.8 Å². The van der Waals surface area contributed by atoms with Crippen molar-refractivity contribution >= 4 is 48.0 Å². The highest BCUT2D eigenvalue weighted by Crippen LogP contribution is 2.36. The Morgan fingerprint density at radius 2 is 1.45 bits per heavy atom. The second-order valence-corrected chi connectivity index (χ2v) is 12.6. The first kappa shape index (κ1) is 36.2. The van der Waals surface area contributed by atoms with E-state index in [2.05, 4.69) is 82.7 Å². The molecule has 2 heterocycles. The third-order valence-electron chi connectivity index (χ3n) is 9.89. The maximum Gasteiger partial charge on any atom is 0.248 e. The summed E-state index contributed by atoms with van der Waals surface area (Å²) < 4.78 is 0. The predicted octanol–water partition coefficient (Wildman–Crippen LogP) is 6.35. The minimum absolute atomic E-state index is 0. The van der Waals surface area contributed by atoms with Gasteiger partial charge in [-0.15, -0.1) is 24.8 Å². The summed E-state index contributed by atoms with van der Waals surface area (Å²) in [4.78, 5) is 34.3. The van der Waals surface area contributed by atoms with Gasteiger partial charge in [0.1, 0.15) is 11.6 Å². The van der Waals surface area contributed by atoms with Crippen molar-refractivity contribution in [1.29, 1.82) is 0 Å². The van der Waals surface area contributed by atoms with Gasteiger partial charge in [-0.3, -0.25) is 9.59 Å². The number of piperidine rings is 1. The van der Waals surface area contributed by atoms with Crippen molar-refractivity contribution in [3.63, 3.8) is 0 Å². The topological polar surface area (TPSA) is 76.1 Å². The Morgan fingerprint density at radius 3 is 2.02 bits per heavy atom. The fourth-order valence-electron chi connectivity index (χ4n) is 7.33. The maximum atomic E-state index is 13.9. The molecule has 3 fully saturated rings. The molecule has 244 valence electrons. The number of anilines is 2. The molecule has 2 amide bonds. The molecular weight excluding hydrogens is 595 g/mol. The Kier molecular flexibility index (Phi) is 14.3. The van der Waals surface area contributed by atoms with Crippen LogP contribution in [0.4, 0.5) is 11.4 Å². The molecular formula is C35H52Cl2N4O3. The highest BCUT2D eigenvalue weighted by Gasteiger charge is 2.55. The molecule has 2 N–H and O–H groups in total. The Balaban J connectivity index is 0.00000264. The molecule has 0 unspecified atom stereocenters. The van der Waals surface area contributed by atoms with Gasteiger partial charge in [-0.2, -0.15) is 0 Å². The minimum Gasteiger partial charge on any atom is -0.390 e. The zero-order valence-corrected chi connectivity index (χ0v) is 27.9. The molecule has 2 saturated heterocycles. The molecule has 1 spiro atoms. The van der Waals surface area contributed by atoms with E-state index in [-0.39, 0.29) is 42.5 Å². The van der Waals surface area contributed by atoms with Crippen molar-refractivity contribution in [1.82, 2.24) is 15.1 Å². The molecule has 3 aliphatic rings. The number of rotatable bonds is 12. The van der Waals surface area contributed by atoms with Crippen LogP contribution in [0, 0.1) is 5.92 Å². The Morgan fingerprint density at radius 1 is 0.864 bits per heavy atom. The van der Waals surface area contributed by atoms with Gasteiger partial charge in [-0.05, 0) is 81.7 Å². The van der Waals surface area contributed by atoms with Crippen LogP contribution in [0.3, 0.4) is 0 Å². The number of carbonyl (C=O) groups is 2. The number of hydrogen-bond acceptors (Lipinski definition) is 5. The highest BCUT2D eigenvalue weighted by molar-refractivity contribution is 6.00. The van der Waals surface area contributed by atoms with Crippen LogP contribution in [-0.4, -0.2) is 77.1 Å². The number of nitrogens with zero attached hydrogens (tertiary/aromatic N) is 3. The molecule has 0 aromatic heterocycles. The number of amides is 2. The highest BCUT2D eigenvalue weighted by atomic mass is 35.5. The zero-order chi connectivity index (χ0) is 29.4. The summed E-state index contributed by atoms with van der Waals surface area (Å²) in [6, 6.07) is 20.3. The van der Waals surface area contributed by atoms with Crippen LogP contribution < -0.4 is 10.2 Å². The minimum atomic E-state index is -0.807. The SMILES string of the molecule is CCCCN1C(=O)[C@@H]([C@H](O)C2CCCCC2)NC(=O)C12CCN(CCCCN(c1ccccc1)c1ccccc1)CC2.Cl.Cl. The van der Waals surface area contributed by atoms with Crippen LogP contribution in [-0.2, 0) is 9.59 Å². The number of carbonyl (C=O) groups excluding carboxylic acids is 2. The third-order valence-corrected chi connectivity index (χ3v) is 9.89. The number of halogens is 2. The van der Waals surface area contributed by atoms with Crippen molar-refractivity contribution in [2.75, 3.05) is 37.6 Å². The Labute approximate surface area is 276 Å². The molecule has 2 aliphatic heterocycles. The fourth-order valence-corrected chi connectivity index (χ4v) is 7.33. The van der Waals surface area contributed by atoms with Crippen LogP contribution in [0.2, 0.25) is 0 Å². The molecule has 5 rings (SSSR count). The van der Waals surface area contributed by atoms with E-state index in [0.29, 0.717) is 19.4 Å².